The number of hydrogen-bond acceptors (Lipinski definition) is 3. The maximum absolute atomic E-state index is 11.3. The van der Waals surface area contributed by atoms with Crippen LogP contribution in [0.25, 0.3) is 0 Å². The van der Waals surface area contributed by atoms with Gasteiger partial charge in [0.15, 0.2) is 0 Å². The molecule has 0 aromatic heterocycles. The van der Waals surface area contributed by atoms with Crippen molar-refractivity contribution in [2.45, 2.75) is 50.3 Å². The van der Waals surface area contributed by atoms with Crippen molar-refractivity contribution in [1.82, 2.24) is 5.32 Å². The lowest BCUT2D eigenvalue weighted by molar-refractivity contribution is -0.136. The van der Waals surface area contributed by atoms with Gasteiger partial charge in [0.1, 0.15) is 5.54 Å². The van der Waals surface area contributed by atoms with Crippen molar-refractivity contribution in [2.24, 2.45) is 5.73 Å². The highest BCUT2D eigenvalue weighted by Crippen LogP contribution is 2.37. The molecule has 0 atom stereocenters. The lowest BCUT2D eigenvalue weighted by atomic mass is 9.73. The summed E-state index contributed by atoms with van der Waals surface area (Å²) in [5.74, 6) is -0.222. The average Bonchev–Trinajstić information content (AvgIpc) is 2.83. The fourth-order valence-electron chi connectivity index (χ4n) is 2.08. The topological polar surface area (TPSA) is 64.3 Å². The Kier molecular flexibility index (Phi) is 2.49. The Hall–Kier alpha value is -0.610. The monoisotopic (exact) mass is 198 g/mol. The van der Waals surface area contributed by atoms with E-state index in [-0.39, 0.29) is 12.0 Å². The van der Waals surface area contributed by atoms with Crippen LogP contribution in [0.4, 0.5) is 0 Å². The molecule has 2 saturated carbocycles. The molecule has 0 aromatic carbocycles. The number of amides is 1. The number of hydrogen-bond donors (Lipinski definition) is 2. The van der Waals surface area contributed by atoms with Crippen LogP contribution in [-0.4, -0.2) is 30.2 Å². The van der Waals surface area contributed by atoms with Gasteiger partial charge in [0, 0.05) is 25.5 Å². The van der Waals surface area contributed by atoms with Crippen LogP contribution >= 0.6 is 0 Å². The number of primary amides is 1. The molecule has 3 N–H and O–H groups in total. The summed E-state index contributed by atoms with van der Waals surface area (Å²) in [5.41, 5.74) is 4.95. The summed E-state index contributed by atoms with van der Waals surface area (Å²) in [5, 5.41) is 3.34. The Bertz CT molecular complexity index is 232. The summed E-state index contributed by atoms with van der Waals surface area (Å²) < 4.78 is 5.44. The van der Waals surface area contributed by atoms with E-state index in [1.807, 2.05) is 6.92 Å². The molecule has 2 aliphatic carbocycles. The Balaban J connectivity index is 1.87. The quantitative estimate of drug-likeness (QED) is 0.661. The molecule has 0 bridgehead atoms. The minimum absolute atomic E-state index is 0.221. The molecule has 4 nitrogen and oxygen atoms in total. The SMILES string of the molecule is CCOC1CC(NC2CC2)(C(N)=O)C1. The van der Waals surface area contributed by atoms with Gasteiger partial charge in [0.05, 0.1) is 6.10 Å². The van der Waals surface area contributed by atoms with Crippen molar-refractivity contribution in [2.75, 3.05) is 6.61 Å². The molecule has 4 heteroatoms. The van der Waals surface area contributed by atoms with Gasteiger partial charge < -0.3 is 15.8 Å². The van der Waals surface area contributed by atoms with Crippen LogP contribution in [0, 0.1) is 0 Å². The van der Waals surface area contributed by atoms with E-state index in [0.29, 0.717) is 12.6 Å². The van der Waals surface area contributed by atoms with Gasteiger partial charge in [0.25, 0.3) is 0 Å². The van der Waals surface area contributed by atoms with E-state index in [1.165, 1.54) is 12.8 Å². The number of ether oxygens (including phenoxy) is 1. The molecule has 2 aliphatic rings. The van der Waals surface area contributed by atoms with Crippen molar-refractivity contribution >= 4 is 5.91 Å². The summed E-state index contributed by atoms with van der Waals surface area (Å²) in [7, 11) is 0. The summed E-state index contributed by atoms with van der Waals surface area (Å²) in [6.45, 7) is 2.68. The van der Waals surface area contributed by atoms with E-state index in [9.17, 15) is 4.79 Å². The van der Waals surface area contributed by atoms with Gasteiger partial charge >= 0.3 is 0 Å². The molecule has 2 fully saturated rings. The second-order valence-corrected chi connectivity index (χ2v) is 4.35. The number of carbonyl (C=O) groups excluding carboxylic acids is 1. The van der Waals surface area contributed by atoms with Gasteiger partial charge in [-0.25, -0.2) is 0 Å². The van der Waals surface area contributed by atoms with Crippen molar-refractivity contribution in [1.29, 1.82) is 0 Å². The van der Waals surface area contributed by atoms with E-state index in [0.717, 1.165) is 12.8 Å². The molecule has 0 aromatic rings. The zero-order valence-corrected chi connectivity index (χ0v) is 8.58. The third-order valence-electron chi connectivity index (χ3n) is 3.08. The second kappa shape index (κ2) is 3.51. The number of carbonyl (C=O) groups is 1. The smallest absolute Gasteiger partial charge is 0.237 e. The van der Waals surface area contributed by atoms with Crippen molar-refractivity contribution < 1.29 is 9.53 Å². The maximum atomic E-state index is 11.3. The Morgan fingerprint density at radius 2 is 2.21 bits per heavy atom. The predicted octanol–water partition coefficient (Wildman–Crippen LogP) is 0.161. The molecule has 1 amide bonds. The van der Waals surface area contributed by atoms with Gasteiger partial charge in [-0.05, 0) is 19.8 Å². The van der Waals surface area contributed by atoms with Gasteiger partial charge in [-0.2, -0.15) is 0 Å². The molecular formula is C10H18N2O2. The van der Waals surface area contributed by atoms with E-state index < -0.39 is 5.54 Å². The molecule has 2 rings (SSSR count). The first-order valence-electron chi connectivity index (χ1n) is 5.35. The summed E-state index contributed by atoms with van der Waals surface area (Å²) in [6, 6.07) is 0.519. The van der Waals surface area contributed by atoms with Crippen LogP contribution in [0.1, 0.15) is 32.6 Å². The Morgan fingerprint density at radius 3 is 2.64 bits per heavy atom. The Labute approximate surface area is 84.2 Å². The molecule has 14 heavy (non-hydrogen) atoms. The minimum Gasteiger partial charge on any atom is -0.378 e. The van der Waals surface area contributed by atoms with Crippen LogP contribution in [0.5, 0.6) is 0 Å². The van der Waals surface area contributed by atoms with Gasteiger partial charge in [-0.15, -0.1) is 0 Å². The van der Waals surface area contributed by atoms with Crippen molar-refractivity contribution in [3.05, 3.63) is 0 Å². The standard InChI is InChI=1S/C10H18N2O2/c1-2-14-8-5-10(6-8,9(11)13)12-7-3-4-7/h7-8,12H,2-6H2,1H3,(H2,11,13). The normalized spacial score (nSPS) is 36.5. The summed E-state index contributed by atoms with van der Waals surface area (Å²) in [6.07, 6.45) is 4.06. The third-order valence-corrected chi connectivity index (χ3v) is 3.08. The first-order valence-corrected chi connectivity index (χ1v) is 5.35. The lowest BCUT2D eigenvalue weighted by Crippen LogP contribution is -2.66. The number of nitrogens with one attached hydrogen (secondary N) is 1. The molecule has 0 aliphatic heterocycles. The summed E-state index contributed by atoms with van der Waals surface area (Å²) in [4.78, 5) is 11.3. The Morgan fingerprint density at radius 1 is 1.57 bits per heavy atom. The zero-order valence-electron chi connectivity index (χ0n) is 8.58. The van der Waals surface area contributed by atoms with Gasteiger partial charge in [0.2, 0.25) is 5.91 Å². The highest BCUT2D eigenvalue weighted by molar-refractivity contribution is 5.86. The predicted molar refractivity (Wildman–Crippen MR) is 52.7 cm³/mol. The van der Waals surface area contributed by atoms with Gasteiger partial charge in [-0.3, -0.25) is 4.79 Å². The van der Waals surface area contributed by atoms with Gasteiger partial charge in [-0.1, -0.05) is 0 Å². The van der Waals surface area contributed by atoms with E-state index in [2.05, 4.69) is 5.32 Å². The first-order chi connectivity index (χ1) is 6.66. The van der Waals surface area contributed by atoms with Crippen LogP contribution in [0.3, 0.4) is 0 Å². The maximum Gasteiger partial charge on any atom is 0.237 e. The van der Waals surface area contributed by atoms with E-state index in [1.54, 1.807) is 0 Å². The van der Waals surface area contributed by atoms with Crippen molar-refractivity contribution in [3.8, 4) is 0 Å². The molecule has 0 heterocycles. The first kappa shape index (κ1) is 9.93. The molecule has 0 saturated heterocycles. The molecule has 0 radical (unpaired) electrons. The van der Waals surface area contributed by atoms with Crippen molar-refractivity contribution in [3.63, 3.8) is 0 Å². The largest absolute Gasteiger partial charge is 0.378 e. The lowest BCUT2D eigenvalue weighted by Gasteiger charge is -2.45. The number of rotatable bonds is 5. The third kappa shape index (κ3) is 1.77. The molecule has 80 valence electrons. The van der Waals surface area contributed by atoms with Crippen LogP contribution in [0.15, 0.2) is 0 Å². The fourth-order valence-corrected chi connectivity index (χ4v) is 2.08. The highest BCUT2D eigenvalue weighted by Gasteiger charge is 2.51. The summed E-state index contributed by atoms with van der Waals surface area (Å²) >= 11 is 0. The highest BCUT2D eigenvalue weighted by atomic mass is 16.5. The molecule has 0 spiro atoms. The zero-order chi connectivity index (χ0) is 10.2. The van der Waals surface area contributed by atoms with Crippen LogP contribution < -0.4 is 11.1 Å². The minimum atomic E-state index is -0.457. The molecular weight excluding hydrogens is 180 g/mol. The van der Waals surface area contributed by atoms with Crippen LogP contribution in [0.2, 0.25) is 0 Å². The fraction of sp³-hybridized carbons (Fsp3) is 0.900. The van der Waals surface area contributed by atoms with E-state index >= 15 is 0 Å². The number of nitrogens with two attached hydrogens (primary N) is 1. The van der Waals surface area contributed by atoms with Crippen LogP contribution in [-0.2, 0) is 9.53 Å². The molecule has 0 unspecified atom stereocenters. The van der Waals surface area contributed by atoms with E-state index in [4.69, 9.17) is 10.5 Å². The average molecular weight is 198 g/mol. The second-order valence-electron chi connectivity index (χ2n) is 4.35.